The van der Waals surface area contributed by atoms with Gasteiger partial charge in [-0.3, -0.25) is 0 Å². The standard InChI is InChI=1S/C9H8F3N5/c10-9(11,12)5-2-1-4-6(7(13)14)15-3-16-8(4)17-5/h1-3,7H,13-14H2. The number of hydrogen-bond acceptors (Lipinski definition) is 5. The average molecular weight is 243 g/mol. The van der Waals surface area contributed by atoms with Crippen LogP contribution in [0.15, 0.2) is 18.5 Å². The van der Waals surface area contributed by atoms with Crippen molar-refractivity contribution in [3.05, 3.63) is 29.8 Å². The summed E-state index contributed by atoms with van der Waals surface area (Å²) in [5.74, 6) is 0. The number of hydrogen-bond donors (Lipinski definition) is 2. The van der Waals surface area contributed by atoms with E-state index in [4.69, 9.17) is 11.5 Å². The van der Waals surface area contributed by atoms with Crippen LogP contribution >= 0.6 is 0 Å². The van der Waals surface area contributed by atoms with Gasteiger partial charge in [0.2, 0.25) is 0 Å². The molecule has 0 amide bonds. The Bertz CT molecular complexity index is 552. The van der Waals surface area contributed by atoms with Crippen LogP contribution in [0.5, 0.6) is 0 Å². The lowest BCUT2D eigenvalue weighted by Gasteiger charge is -2.09. The molecule has 0 unspecified atom stereocenters. The summed E-state index contributed by atoms with van der Waals surface area (Å²) in [6.45, 7) is 0. The molecule has 2 aromatic heterocycles. The molecule has 0 aliphatic carbocycles. The predicted octanol–water partition coefficient (Wildman–Crippen LogP) is 0.960. The number of nitrogens with zero attached hydrogens (tertiary/aromatic N) is 3. The lowest BCUT2D eigenvalue weighted by Crippen LogP contribution is -2.22. The normalized spacial score (nSPS) is 12.4. The number of rotatable bonds is 1. The van der Waals surface area contributed by atoms with E-state index in [-0.39, 0.29) is 11.3 Å². The summed E-state index contributed by atoms with van der Waals surface area (Å²) in [4.78, 5) is 10.9. The highest BCUT2D eigenvalue weighted by molar-refractivity contribution is 5.77. The van der Waals surface area contributed by atoms with E-state index in [1.165, 1.54) is 6.07 Å². The van der Waals surface area contributed by atoms with Crippen molar-refractivity contribution >= 4 is 11.0 Å². The molecule has 0 atom stereocenters. The lowest BCUT2D eigenvalue weighted by atomic mass is 10.2. The Kier molecular flexibility index (Phi) is 2.68. The van der Waals surface area contributed by atoms with E-state index in [1.807, 2.05) is 0 Å². The van der Waals surface area contributed by atoms with Crippen molar-refractivity contribution in [2.45, 2.75) is 12.3 Å². The Morgan fingerprint density at radius 1 is 1.12 bits per heavy atom. The molecule has 4 N–H and O–H groups in total. The molecule has 2 rings (SSSR count). The van der Waals surface area contributed by atoms with Crippen LogP contribution in [0.3, 0.4) is 0 Å². The van der Waals surface area contributed by atoms with Gasteiger partial charge in [0, 0.05) is 5.39 Å². The molecule has 0 saturated carbocycles. The Labute approximate surface area is 93.7 Å². The molecule has 0 aliphatic rings. The van der Waals surface area contributed by atoms with Crippen molar-refractivity contribution in [2.75, 3.05) is 0 Å². The molecule has 5 nitrogen and oxygen atoms in total. The molecule has 0 bridgehead atoms. The summed E-state index contributed by atoms with van der Waals surface area (Å²) in [5, 5.41) is 0.315. The van der Waals surface area contributed by atoms with Crippen LogP contribution in [0.2, 0.25) is 0 Å². The molecule has 2 aromatic rings. The van der Waals surface area contributed by atoms with Crippen molar-refractivity contribution in [3.63, 3.8) is 0 Å². The summed E-state index contributed by atoms with van der Waals surface area (Å²) in [5.41, 5.74) is 10.1. The molecule has 2 heterocycles. The minimum atomic E-state index is -4.51. The highest BCUT2D eigenvalue weighted by Gasteiger charge is 2.32. The van der Waals surface area contributed by atoms with E-state index in [1.54, 1.807) is 0 Å². The molecule has 0 aliphatic heterocycles. The van der Waals surface area contributed by atoms with Gasteiger partial charge in [-0.25, -0.2) is 15.0 Å². The molecular weight excluding hydrogens is 235 g/mol. The smallest absolute Gasteiger partial charge is 0.311 e. The summed E-state index contributed by atoms with van der Waals surface area (Å²) < 4.78 is 37.3. The minimum absolute atomic E-state index is 0.0780. The summed E-state index contributed by atoms with van der Waals surface area (Å²) >= 11 is 0. The second-order valence-corrected chi connectivity index (χ2v) is 3.35. The van der Waals surface area contributed by atoms with E-state index < -0.39 is 18.0 Å². The van der Waals surface area contributed by atoms with Crippen LogP contribution in [-0.2, 0) is 6.18 Å². The van der Waals surface area contributed by atoms with Crippen molar-refractivity contribution < 1.29 is 13.2 Å². The minimum Gasteiger partial charge on any atom is -0.311 e. The first kappa shape index (κ1) is 11.7. The Hall–Kier alpha value is -1.80. The maximum atomic E-state index is 12.4. The van der Waals surface area contributed by atoms with Gasteiger partial charge in [0.1, 0.15) is 12.0 Å². The Balaban J connectivity index is 2.65. The zero-order chi connectivity index (χ0) is 12.6. The molecule has 0 aromatic carbocycles. The van der Waals surface area contributed by atoms with Gasteiger partial charge in [0.05, 0.1) is 11.9 Å². The fraction of sp³-hybridized carbons (Fsp3) is 0.222. The van der Waals surface area contributed by atoms with Crippen LogP contribution in [0, 0.1) is 0 Å². The van der Waals surface area contributed by atoms with Gasteiger partial charge in [-0.2, -0.15) is 13.2 Å². The van der Waals surface area contributed by atoms with Crippen molar-refractivity contribution in [3.8, 4) is 0 Å². The molecular formula is C9H8F3N5. The Morgan fingerprint density at radius 3 is 2.41 bits per heavy atom. The van der Waals surface area contributed by atoms with Crippen LogP contribution in [0.4, 0.5) is 13.2 Å². The molecule has 8 heteroatoms. The number of aromatic nitrogens is 3. The van der Waals surface area contributed by atoms with Crippen molar-refractivity contribution in [2.24, 2.45) is 11.5 Å². The Morgan fingerprint density at radius 2 is 1.82 bits per heavy atom. The zero-order valence-electron chi connectivity index (χ0n) is 8.44. The third kappa shape index (κ3) is 2.17. The van der Waals surface area contributed by atoms with Gasteiger partial charge >= 0.3 is 6.18 Å². The average Bonchev–Trinajstić information content (AvgIpc) is 2.26. The molecule has 0 fully saturated rings. The van der Waals surface area contributed by atoms with Crippen LogP contribution in [-0.4, -0.2) is 15.0 Å². The van der Waals surface area contributed by atoms with Gasteiger partial charge in [-0.1, -0.05) is 0 Å². The van der Waals surface area contributed by atoms with Crippen LogP contribution in [0.25, 0.3) is 11.0 Å². The number of alkyl halides is 3. The highest BCUT2D eigenvalue weighted by atomic mass is 19.4. The fourth-order valence-corrected chi connectivity index (χ4v) is 1.39. The molecule has 90 valence electrons. The molecule has 0 saturated heterocycles. The summed E-state index contributed by atoms with van der Waals surface area (Å²) in [6, 6.07) is 2.06. The first-order valence-corrected chi connectivity index (χ1v) is 4.59. The second kappa shape index (κ2) is 3.90. The lowest BCUT2D eigenvalue weighted by molar-refractivity contribution is -0.141. The second-order valence-electron chi connectivity index (χ2n) is 3.35. The van der Waals surface area contributed by atoms with Crippen LogP contribution in [0.1, 0.15) is 17.6 Å². The van der Waals surface area contributed by atoms with Crippen LogP contribution < -0.4 is 11.5 Å². The number of halogens is 3. The van der Waals surface area contributed by atoms with Crippen molar-refractivity contribution in [1.29, 1.82) is 0 Å². The van der Waals surface area contributed by atoms with Gasteiger partial charge < -0.3 is 11.5 Å². The first-order valence-electron chi connectivity index (χ1n) is 4.59. The number of fused-ring (bicyclic) bond motifs is 1. The number of pyridine rings is 1. The maximum Gasteiger partial charge on any atom is 0.433 e. The highest BCUT2D eigenvalue weighted by Crippen LogP contribution is 2.29. The van der Waals surface area contributed by atoms with Gasteiger partial charge in [-0.15, -0.1) is 0 Å². The molecule has 0 radical (unpaired) electrons. The van der Waals surface area contributed by atoms with Crippen molar-refractivity contribution in [1.82, 2.24) is 15.0 Å². The van der Waals surface area contributed by atoms with Gasteiger partial charge in [0.25, 0.3) is 0 Å². The zero-order valence-corrected chi connectivity index (χ0v) is 8.44. The van der Waals surface area contributed by atoms with E-state index >= 15 is 0 Å². The van der Waals surface area contributed by atoms with E-state index in [2.05, 4.69) is 15.0 Å². The molecule has 0 spiro atoms. The number of nitrogens with two attached hydrogens (primary N) is 2. The van der Waals surface area contributed by atoms with E-state index in [9.17, 15) is 13.2 Å². The maximum absolute atomic E-state index is 12.4. The van der Waals surface area contributed by atoms with E-state index in [0.29, 0.717) is 5.39 Å². The first-order chi connectivity index (χ1) is 7.89. The van der Waals surface area contributed by atoms with Gasteiger partial charge in [-0.05, 0) is 12.1 Å². The van der Waals surface area contributed by atoms with E-state index in [0.717, 1.165) is 12.4 Å². The predicted molar refractivity (Wildman–Crippen MR) is 53.5 cm³/mol. The largest absolute Gasteiger partial charge is 0.433 e. The summed E-state index contributed by atoms with van der Waals surface area (Å²) in [6.07, 6.45) is -4.32. The quantitative estimate of drug-likeness (QED) is 0.728. The monoisotopic (exact) mass is 243 g/mol. The topological polar surface area (TPSA) is 90.7 Å². The molecule has 17 heavy (non-hydrogen) atoms. The summed E-state index contributed by atoms with van der Waals surface area (Å²) in [7, 11) is 0. The third-order valence-corrected chi connectivity index (χ3v) is 2.13. The van der Waals surface area contributed by atoms with Gasteiger partial charge in [0.15, 0.2) is 5.65 Å². The fourth-order valence-electron chi connectivity index (χ4n) is 1.39. The third-order valence-electron chi connectivity index (χ3n) is 2.13. The SMILES string of the molecule is NC(N)c1ncnc2nc(C(F)(F)F)ccc12.